The first-order valence-electron chi connectivity index (χ1n) is 15.0. The Hall–Kier alpha value is -5.95. The molecule has 7 heteroatoms. The number of halogens is 5. The SMILES string of the molecule is Fc1c(F)c(F)c(-c2cccc(-n3c4cc5ccccc5cc4c4c3ccc3c5ccccc5n(-c5ccccc5)c34)c2)c(F)c1F. The second-order valence-electron chi connectivity index (χ2n) is 11.6. The van der Waals surface area contributed by atoms with Crippen LogP contribution < -0.4 is 0 Å². The maximum atomic E-state index is 15.0. The molecule has 47 heavy (non-hydrogen) atoms. The molecule has 2 heterocycles. The van der Waals surface area contributed by atoms with E-state index in [1.54, 1.807) is 12.1 Å². The zero-order chi connectivity index (χ0) is 32.0. The van der Waals surface area contributed by atoms with Crippen molar-refractivity contribution in [3.8, 4) is 22.5 Å². The summed E-state index contributed by atoms with van der Waals surface area (Å²) in [4.78, 5) is 0. The minimum absolute atomic E-state index is 0.134. The average molecular weight is 625 g/mol. The van der Waals surface area contributed by atoms with Crippen molar-refractivity contribution < 1.29 is 22.0 Å². The summed E-state index contributed by atoms with van der Waals surface area (Å²) in [6.07, 6.45) is 0. The summed E-state index contributed by atoms with van der Waals surface area (Å²) in [6.45, 7) is 0. The molecular formula is C40H21F5N2. The molecule has 0 aliphatic carbocycles. The lowest BCUT2D eigenvalue weighted by atomic mass is 10.0. The quantitative estimate of drug-likeness (QED) is 0.105. The van der Waals surface area contributed by atoms with Crippen LogP contribution in [0.4, 0.5) is 22.0 Å². The van der Waals surface area contributed by atoms with Crippen LogP contribution in [0.25, 0.3) is 76.9 Å². The maximum absolute atomic E-state index is 15.0. The summed E-state index contributed by atoms with van der Waals surface area (Å²) in [7, 11) is 0. The molecule has 0 bridgehead atoms. The minimum Gasteiger partial charge on any atom is -0.309 e. The zero-order valence-corrected chi connectivity index (χ0v) is 24.4. The molecule has 0 unspecified atom stereocenters. The van der Waals surface area contributed by atoms with Crippen molar-refractivity contribution in [1.82, 2.24) is 9.13 Å². The van der Waals surface area contributed by atoms with Crippen molar-refractivity contribution in [2.24, 2.45) is 0 Å². The highest BCUT2D eigenvalue weighted by molar-refractivity contribution is 6.27. The third-order valence-electron chi connectivity index (χ3n) is 9.05. The fraction of sp³-hybridized carbons (Fsp3) is 0. The molecule has 9 aromatic rings. The Balaban J connectivity index is 1.45. The van der Waals surface area contributed by atoms with Crippen LogP contribution in [-0.4, -0.2) is 9.13 Å². The number of rotatable bonds is 3. The van der Waals surface area contributed by atoms with Gasteiger partial charge in [-0.2, -0.15) is 0 Å². The number of aromatic nitrogens is 2. The number of fused-ring (bicyclic) bond motifs is 8. The summed E-state index contributed by atoms with van der Waals surface area (Å²) in [5, 5.41) is 6.08. The summed E-state index contributed by atoms with van der Waals surface area (Å²) in [5.41, 5.74) is 4.06. The normalized spacial score (nSPS) is 11.9. The van der Waals surface area contributed by atoms with Gasteiger partial charge in [-0.3, -0.25) is 0 Å². The van der Waals surface area contributed by atoms with Gasteiger partial charge in [-0.1, -0.05) is 78.9 Å². The van der Waals surface area contributed by atoms with E-state index in [0.717, 1.165) is 60.1 Å². The number of nitrogens with zero attached hydrogens (tertiary/aromatic N) is 2. The van der Waals surface area contributed by atoms with Gasteiger partial charge < -0.3 is 9.13 Å². The molecule has 0 fully saturated rings. The van der Waals surface area contributed by atoms with Crippen LogP contribution in [0.1, 0.15) is 0 Å². The second kappa shape index (κ2) is 10.0. The minimum atomic E-state index is -2.19. The fourth-order valence-corrected chi connectivity index (χ4v) is 7.02. The maximum Gasteiger partial charge on any atom is 0.200 e. The number of benzene rings is 7. The standard InChI is InChI=1S/C40H21F5N2/c41-35-33(36(42)38(44)39(45)37(35)43)24-11-8-14-26(19-24)46-31-18-17-28-27-15-6-7-16-30(27)47(25-12-2-1-3-13-25)40(28)34(31)29-20-22-9-4-5-10-23(22)21-32(29)46/h1-21H. The van der Waals surface area contributed by atoms with Gasteiger partial charge in [-0.05, 0) is 64.9 Å². The van der Waals surface area contributed by atoms with E-state index in [2.05, 4.69) is 53.1 Å². The molecule has 9 rings (SSSR count). The smallest absolute Gasteiger partial charge is 0.200 e. The molecule has 0 N–H and O–H groups in total. The molecule has 7 aromatic carbocycles. The van der Waals surface area contributed by atoms with E-state index < -0.39 is 34.6 Å². The van der Waals surface area contributed by atoms with Crippen LogP contribution in [-0.2, 0) is 0 Å². The summed E-state index contributed by atoms with van der Waals surface area (Å²) in [5.74, 6) is -9.90. The lowest BCUT2D eigenvalue weighted by molar-refractivity contribution is 0.381. The van der Waals surface area contributed by atoms with Gasteiger partial charge in [-0.15, -0.1) is 0 Å². The number of hydrogen-bond acceptors (Lipinski definition) is 0. The Bertz CT molecular complexity index is 2710. The predicted octanol–water partition coefficient (Wildman–Crippen LogP) is 11.4. The van der Waals surface area contributed by atoms with Crippen molar-refractivity contribution in [3.63, 3.8) is 0 Å². The van der Waals surface area contributed by atoms with Crippen LogP contribution in [0.2, 0.25) is 0 Å². The first kappa shape index (κ1) is 27.4. The van der Waals surface area contributed by atoms with E-state index >= 15 is 0 Å². The summed E-state index contributed by atoms with van der Waals surface area (Å²) < 4.78 is 76.7. The number of hydrogen-bond donors (Lipinski definition) is 0. The van der Waals surface area contributed by atoms with E-state index in [9.17, 15) is 22.0 Å². The second-order valence-corrected chi connectivity index (χ2v) is 11.6. The number of para-hydroxylation sites is 2. The lowest BCUT2D eigenvalue weighted by Crippen LogP contribution is -2.04. The largest absolute Gasteiger partial charge is 0.309 e. The third-order valence-corrected chi connectivity index (χ3v) is 9.05. The zero-order valence-electron chi connectivity index (χ0n) is 24.4. The van der Waals surface area contributed by atoms with Gasteiger partial charge in [0.15, 0.2) is 23.3 Å². The molecule has 0 saturated heterocycles. The Labute approximate surface area is 264 Å². The molecule has 0 aliphatic heterocycles. The van der Waals surface area contributed by atoms with Gasteiger partial charge in [0.1, 0.15) is 0 Å². The summed E-state index contributed by atoms with van der Waals surface area (Å²) >= 11 is 0. The van der Waals surface area contributed by atoms with Gasteiger partial charge in [0, 0.05) is 32.9 Å². The molecule has 0 amide bonds. The first-order valence-corrected chi connectivity index (χ1v) is 15.0. The molecular weight excluding hydrogens is 603 g/mol. The van der Waals surface area contributed by atoms with E-state index in [1.807, 2.05) is 59.2 Å². The Morgan fingerprint density at radius 1 is 0.383 bits per heavy atom. The van der Waals surface area contributed by atoms with Crippen molar-refractivity contribution in [3.05, 3.63) is 156 Å². The molecule has 0 atom stereocenters. The van der Waals surface area contributed by atoms with E-state index in [4.69, 9.17) is 0 Å². The highest BCUT2D eigenvalue weighted by Gasteiger charge is 2.27. The van der Waals surface area contributed by atoms with Crippen molar-refractivity contribution in [2.45, 2.75) is 0 Å². The molecule has 0 radical (unpaired) electrons. The van der Waals surface area contributed by atoms with E-state index in [0.29, 0.717) is 5.69 Å². The van der Waals surface area contributed by atoms with Crippen molar-refractivity contribution in [2.75, 3.05) is 0 Å². The topological polar surface area (TPSA) is 9.86 Å². The van der Waals surface area contributed by atoms with Crippen LogP contribution in [0.3, 0.4) is 0 Å². The van der Waals surface area contributed by atoms with Gasteiger partial charge in [0.2, 0.25) is 5.82 Å². The Kier molecular flexibility index (Phi) is 5.84. The van der Waals surface area contributed by atoms with Crippen molar-refractivity contribution in [1.29, 1.82) is 0 Å². The van der Waals surface area contributed by atoms with Gasteiger partial charge in [0.25, 0.3) is 0 Å². The molecule has 226 valence electrons. The van der Waals surface area contributed by atoms with Crippen LogP contribution in [0, 0.1) is 29.1 Å². The van der Waals surface area contributed by atoms with Crippen LogP contribution in [0.15, 0.2) is 127 Å². The van der Waals surface area contributed by atoms with Crippen molar-refractivity contribution >= 4 is 54.4 Å². The van der Waals surface area contributed by atoms with E-state index in [1.165, 1.54) is 12.1 Å². The highest BCUT2D eigenvalue weighted by Crippen LogP contribution is 2.43. The van der Waals surface area contributed by atoms with Crippen LogP contribution in [0.5, 0.6) is 0 Å². The van der Waals surface area contributed by atoms with Gasteiger partial charge >= 0.3 is 0 Å². The fourth-order valence-electron chi connectivity index (χ4n) is 7.02. The van der Waals surface area contributed by atoms with Gasteiger partial charge in [0.05, 0.1) is 27.6 Å². The third kappa shape index (κ3) is 3.83. The predicted molar refractivity (Wildman–Crippen MR) is 178 cm³/mol. The van der Waals surface area contributed by atoms with Gasteiger partial charge in [-0.25, -0.2) is 22.0 Å². The average Bonchev–Trinajstić information content (AvgIpc) is 3.62. The molecule has 2 aromatic heterocycles. The molecule has 0 saturated carbocycles. The molecule has 2 nitrogen and oxygen atoms in total. The van der Waals surface area contributed by atoms with E-state index in [-0.39, 0.29) is 5.56 Å². The molecule has 0 aliphatic rings. The first-order chi connectivity index (χ1) is 22.9. The highest BCUT2D eigenvalue weighted by atomic mass is 19.2. The summed E-state index contributed by atoms with van der Waals surface area (Å²) in [6, 6.07) is 40.8. The monoisotopic (exact) mass is 624 g/mol. The lowest BCUT2D eigenvalue weighted by Gasteiger charge is -2.13. The molecule has 0 spiro atoms. The Morgan fingerprint density at radius 2 is 1.02 bits per heavy atom. The van der Waals surface area contributed by atoms with Crippen LogP contribution >= 0.6 is 0 Å². The Morgan fingerprint density at radius 3 is 1.79 bits per heavy atom.